The molecule has 0 spiro atoms. The smallest absolute Gasteiger partial charge is 0.325 e. The maximum Gasteiger partial charge on any atom is 0.363 e. The Morgan fingerprint density at radius 2 is 0.763 bits per heavy atom. The topological polar surface area (TPSA) is 260 Å². The van der Waals surface area contributed by atoms with Crippen LogP contribution in [0.1, 0.15) is 79.8 Å². The summed E-state index contributed by atoms with van der Waals surface area (Å²) >= 11 is 18.9. The summed E-state index contributed by atoms with van der Waals surface area (Å²) in [5.41, 5.74) is 8.02. The molecule has 6 aliphatic heterocycles. The molecule has 114 heavy (non-hydrogen) atoms. The SMILES string of the molecule is Cn1c(=S)n(CCN2CCC(C(=O)c3ccccc3)CC2)c(=O)c2cc(I)ccc21.O=C(ON1C(=O)CCC1=O)c1ccc(Cc2ccc(I)cc2)cc1.O=C1C=CC(=O)N1Cc1ccc(I)cc1.O=C1C=CC(=O)N1Cc1ccc(I)cc1.O=C1C=CC(=O)N1Cc1cccc(I)c1.O=C1C=CC(=O)N1Cc1cccc(I)c1. The van der Waals surface area contributed by atoms with Gasteiger partial charge in [-0.1, -0.05) is 103 Å². The summed E-state index contributed by atoms with van der Waals surface area (Å²) < 4.78 is 10.8. The van der Waals surface area contributed by atoms with Crippen LogP contribution in [0.15, 0.2) is 248 Å². The molecule has 2 fully saturated rings. The Labute approximate surface area is 743 Å². The Morgan fingerprint density at radius 1 is 0.395 bits per heavy atom. The van der Waals surface area contributed by atoms with Crippen LogP contribution in [0, 0.1) is 32.1 Å². The Bertz CT molecular complexity index is 5180. The Balaban J connectivity index is 0.000000149. The summed E-state index contributed by atoms with van der Waals surface area (Å²) in [4.78, 5) is 163. The van der Waals surface area contributed by atoms with Crippen LogP contribution in [0.3, 0.4) is 0 Å². The fraction of sp³-hybridized carbons (Fsp3) is 0.176. The number of amides is 10. The zero-order valence-electron chi connectivity index (χ0n) is 60.8. The van der Waals surface area contributed by atoms with Crippen molar-refractivity contribution in [2.24, 2.45) is 13.0 Å². The highest BCUT2D eigenvalue weighted by Crippen LogP contribution is 2.25. The number of ketones is 1. The van der Waals surface area contributed by atoms with E-state index in [0.29, 0.717) is 53.5 Å². The number of likely N-dealkylation sites (tertiary alicyclic amines) is 1. The van der Waals surface area contributed by atoms with Crippen molar-refractivity contribution >= 4 is 229 Å². The van der Waals surface area contributed by atoms with E-state index in [1.807, 2.05) is 181 Å². The molecule has 2 saturated heterocycles. The molecule has 8 aromatic carbocycles. The van der Waals surface area contributed by atoms with E-state index >= 15 is 0 Å². The number of aryl methyl sites for hydroxylation is 1. The van der Waals surface area contributed by atoms with Gasteiger partial charge < -0.3 is 14.3 Å². The van der Waals surface area contributed by atoms with Crippen LogP contribution >= 0.6 is 148 Å². The third-order valence-electron chi connectivity index (χ3n) is 18.2. The number of hydrogen-bond donors (Lipinski definition) is 0. The van der Waals surface area contributed by atoms with Gasteiger partial charge in [-0.05, 0) is 304 Å². The summed E-state index contributed by atoms with van der Waals surface area (Å²) in [6.07, 6.45) is 13.0. The van der Waals surface area contributed by atoms with Crippen LogP contribution in [-0.4, -0.2) is 129 Å². The summed E-state index contributed by atoms with van der Waals surface area (Å²) in [6, 6.07) is 61.5. The van der Waals surface area contributed by atoms with Gasteiger partial charge in [0.2, 0.25) is 0 Å². The lowest BCUT2D eigenvalue weighted by Gasteiger charge is -2.31. The molecule has 0 atom stereocenters. The average molecular weight is 2220 g/mol. The van der Waals surface area contributed by atoms with E-state index in [1.54, 1.807) is 16.7 Å². The number of hydrogen-bond acceptors (Lipinski definition) is 16. The molecule has 0 saturated carbocycles. The number of rotatable bonds is 17. The van der Waals surface area contributed by atoms with Crippen molar-refractivity contribution in [3.8, 4) is 0 Å². The molecule has 0 N–H and O–H groups in total. The van der Waals surface area contributed by atoms with Gasteiger partial charge in [0.25, 0.3) is 64.6 Å². The third kappa shape index (κ3) is 24.9. The molecule has 0 aliphatic carbocycles. The molecule has 9 aromatic rings. The number of fused-ring (bicyclic) bond motifs is 1. The van der Waals surface area contributed by atoms with Crippen molar-refractivity contribution in [2.45, 2.75) is 64.8 Å². The maximum absolute atomic E-state index is 13.0. The van der Waals surface area contributed by atoms with E-state index in [4.69, 9.17) is 17.1 Å². The number of benzene rings is 8. The van der Waals surface area contributed by atoms with E-state index in [9.17, 15) is 62.3 Å². The van der Waals surface area contributed by atoms with Crippen LogP contribution in [-0.2, 0) is 99.0 Å². The molecule has 582 valence electrons. The Hall–Kier alpha value is -8.74. The summed E-state index contributed by atoms with van der Waals surface area (Å²) in [5.74, 6) is -3.24. The van der Waals surface area contributed by atoms with Gasteiger partial charge in [-0.2, -0.15) is 0 Å². The van der Waals surface area contributed by atoms with E-state index < -0.39 is 17.8 Å². The monoisotopic (exact) mass is 2220 g/mol. The van der Waals surface area contributed by atoms with Gasteiger partial charge in [0.15, 0.2) is 10.6 Å². The number of Topliss-reactive ketones (excluding diaryl/α,β-unsaturated/α-hetero) is 1. The lowest BCUT2D eigenvalue weighted by molar-refractivity contribution is -0.172. The van der Waals surface area contributed by atoms with Crippen molar-refractivity contribution in [1.82, 2.24) is 38.7 Å². The molecule has 1 aromatic heterocycles. The molecule has 15 rings (SSSR count). The molecule has 0 bridgehead atoms. The number of carbonyl (C=O) groups is 12. The normalized spacial score (nSPS) is 15.0. The lowest BCUT2D eigenvalue weighted by Crippen LogP contribution is -2.39. The van der Waals surface area contributed by atoms with Gasteiger partial charge in [-0.15, -0.1) is 5.06 Å². The van der Waals surface area contributed by atoms with Crippen LogP contribution in [0.25, 0.3) is 10.9 Å². The van der Waals surface area contributed by atoms with E-state index in [1.165, 1.54) is 77.3 Å². The first-order valence-electron chi connectivity index (χ1n) is 35.4. The molecule has 22 nitrogen and oxygen atoms in total. The van der Waals surface area contributed by atoms with Crippen molar-refractivity contribution in [1.29, 1.82) is 0 Å². The van der Waals surface area contributed by atoms with Gasteiger partial charge in [-0.3, -0.25) is 81.7 Å². The van der Waals surface area contributed by atoms with Crippen LogP contribution in [0.4, 0.5) is 0 Å². The molecule has 7 heterocycles. The summed E-state index contributed by atoms with van der Waals surface area (Å²) in [5, 5.41) is 1.26. The number of nitrogens with zero attached hydrogens (tertiary/aromatic N) is 8. The van der Waals surface area contributed by atoms with Gasteiger partial charge in [0, 0.05) is 114 Å². The zero-order valence-corrected chi connectivity index (χ0v) is 74.6. The lowest BCUT2D eigenvalue weighted by atomic mass is 9.89. The van der Waals surface area contributed by atoms with Gasteiger partial charge in [0.1, 0.15) is 0 Å². The first-order chi connectivity index (χ1) is 54.6. The standard InChI is InChI=1S/C23H24IN3O2S.C18H14INO4.4C11H8INO2/c1-25-20-8-7-18(24)15-19(20)22(29)27(23(25)30)14-13-26-11-9-17(10-12-26)21(28)16-5-3-2-4-6-16;19-15-7-3-13(4-8-15)11-12-1-5-14(6-2-12)18(23)24-20-16(21)9-10-17(20)22;2*12-9-3-1-8(2-4-9)7-13-10(14)5-6-11(13)15;2*12-9-3-1-2-8(6-9)7-13-10(14)4-5-11(13)15/h2-8,15,17H,9-14H2,1H3;1-8H,9-11H2;4*1-6H,7H2. The number of piperidine rings is 1. The minimum Gasteiger partial charge on any atom is -0.325 e. The highest BCUT2D eigenvalue weighted by atomic mass is 127. The first kappa shape index (κ1) is 87.6. The fourth-order valence-corrected chi connectivity index (χ4v) is 15.2. The number of carbonyl (C=O) groups excluding carboxylic acids is 12. The Morgan fingerprint density at radius 3 is 1.17 bits per heavy atom. The second-order valence-corrected chi connectivity index (χ2v) is 34.0. The minimum absolute atomic E-state index is 0.0271. The number of halogens is 6. The number of aromatic nitrogens is 2. The zero-order chi connectivity index (χ0) is 81.7. The van der Waals surface area contributed by atoms with E-state index in [0.717, 1.165) is 95.6 Å². The summed E-state index contributed by atoms with van der Waals surface area (Å²) in [6.45, 7) is 4.44. The number of imide groups is 5. The highest BCUT2D eigenvalue weighted by molar-refractivity contribution is 14.1. The molecular weight excluding hydrogens is 2150 g/mol. The predicted octanol–water partition coefficient (Wildman–Crippen LogP) is 14.2. The Kier molecular flexibility index (Phi) is 32.5. The first-order valence-corrected chi connectivity index (χ1v) is 42.3. The molecular formula is C85H70I6N8O14S. The highest BCUT2D eigenvalue weighted by Gasteiger charge is 2.34. The number of hydroxylamine groups is 2. The van der Waals surface area contributed by atoms with Crippen LogP contribution in [0.2, 0.25) is 0 Å². The van der Waals surface area contributed by atoms with Crippen LogP contribution < -0.4 is 5.56 Å². The van der Waals surface area contributed by atoms with Gasteiger partial charge >= 0.3 is 5.97 Å². The minimum atomic E-state index is -0.709. The molecule has 29 heteroatoms. The predicted molar refractivity (Wildman–Crippen MR) is 481 cm³/mol. The molecule has 6 aliphatic rings. The second-order valence-electron chi connectivity index (χ2n) is 26.2. The second kappa shape index (κ2) is 42.2. The third-order valence-corrected chi connectivity index (χ3v) is 22.9. The molecule has 10 amide bonds. The quantitative estimate of drug-likeness (QED) is 0.0355. The molecule has 0 radical (unpaired) electrons. The molecule has 0 unspecified atom stereocenters. The largest absolute Gasteiger partial charge is 0.363 e. The van der Waals surface area contributed by atoms with Crippen molar-refractivity contribution in [3.05, 3.63) is 324 Å². The van der Waals surface area contributed by atoms with Crippen molar-refractivity contribution in [2.75, 3.05) is 19.6 Å². The van der Waals surface area contributed by atoms with E-state index in [-0.39, 0.29) is 77.4 Å². The van der Waals surface area contributed by atoms with Crippen molar-refractivity contribution in [3.63, 3.8) is 0 Å². The fourth-order valence-electron chi connectivity index (χ4n) is 12.1. The maximum atomic E-state index is 13.0. The van der Waals surface area contributed by atoms with Gasteiger partial charge in [0.05, 0.1) is 42.6 Å². The summed E-state index contributed by atoms with van der Waals surface area (Å²) in [7, 11) is 1.91. The van der Waals surface area contributed by atoms with Gasteiger partial charge in [-0.25, -0.2) is 4.79 Å². The average Bonchev–Trinajstić information content (AvgIpc) is 1.72. The van der Waals surface area contributed by atoms with Crippen LogP contribution in [0.5, 0.6) is 0 Å². The van der Waals surface area contributed by atoms with Crippen molar-refractivity contribution < 1.29 is 62.4 Å². The van der Waals surface area contributed by atoms with E-state index in [2.05, 4.69) is 153 Å².